The highest BCUT2D eigenvalue weighted by Gasteiger charge is 2.49. The van der Waals surface area contributed by atoms with Gasteiger partial charge < -0.3 is 9.80 Å². The Kier molecular flexibility index (Phi) is 10.9. The van der Waals surface area contributed by atoms with E-state index in [1.807, 2.05) is 58.3 Å². The summed E-state index contributed by atoms with van der Waals surface area (Å²) in [7, 11) is 0. The third-order valence-electron chi connectivity index (χ3n) is 8.38. The number of rotatable bonds is 14. The van der Waals surface area contributed by atoms with Crippen LogP contribution in [0.5, 0.6) is 0 Å². The number of carbonyl (C=O) groups is 2. The maximum atomic E-state index is 14.5. The van der Waals surface area contributed by atoms with Crippen molar-refractivity contribution in [2.75, 3.05) is 13.1 Å². The molecule has 0 spiro atoms. The predicted octanol–water partition coefficient (Wildman–Crippen LogP) is 9.45. The minimum absolute atomic E-state index is 0.0433. The molecule has 2 aromatic carbocycles. The van der Waals surface area contributed by atoms with Crippen LogP contribution in [0.2, 0.25) is 0 Å². The van der Waals surface area contributed by atoms with Gasteiger partial charge >= 0.3 is 0 Å². The van der Waals surface area contributed by atoms with Crippen LogP contribution in [-0.4, -0.2) is 34.7 Å². The number of hydrogen-bond donors (Lipinski definition) is 0. The van der Waals surface area contributed by atoms with Crippen LogP contribution < -0.4 is 0 Å². The lowest BCUT2D eigenvalue weighted by atomic mass is 9.97. The first-order valence-electron chi connectivity index (χ1n) is 15.0. The van der Waals surface area contributed by atoms with Crippen LogP contribution in [0.4, 0.5) is 0 Å². The predicted molar refractivity (Wildman–Crippen MR) is 172 cm³/mol. The van der Waals surface area contributed by atoms with E-state index in [-0.39, 0.29) is 11.8 Å². The summed E-state index contributed by atoms with van der Waals surface area (Å²) in [5.41, 5.74) is 4.50. The summed E-state index contributed by atoms with van der Waals surface area (Å²) in [6.07, 6.45) is 8.70. The van der Waals surface area contributed by atoms with E-state index in [9.17, 15) is 9.59 Å². The second-order valence-corrected chi connectivity index (χ2v) is 13.0. The zero-order valence-corrected chi connectivity index (χ0v) is 27.5. The van der Waals surface area contributed by atoms with Crippen molar-refractivity contribution in [3.8, 4) is 0 Å². The van der Waals surface area contributed by atoms with Gasteiger partial charge in [0, 0.05) is 22.0 Å². The van der Waals surface area contributed by atoms with Crippen LogP contribution in [0.1, 0.15) is 90.2 Å². The number of fused-ring (bicyclic) bond motifs is 1. The molecule has 2 heterocycles. The molecule has 0 N–H and O–H groups in total. The van der Waals surface area contributed by atoms with E-state index in [4.69, 9.17) is 0 Å². The average Bonchev–Trinajstić information content (AvgIpc) is 3.40. The highest BCUT2D eigenvalue weighted by Crippen LogP contribution is 2.47. The molecule has 2 amide bonds. The highest BCUT2D eigenvalue weighted by atomic mass is 79.9. The number of amides is 2. The standard InChI is InChI=1S/C34H42Br2N2O2/c1-5-9-11-23(7-3)21-37-31(25-13-17-27(35)18-14-25)29-30(33(37)39)32(26-15-19-28(36)20-16-26)38(34(29)40)22-24(8-4)12-10-6-2/h13-20,23-24H,5-12,21-22H2,1-4H3. The van der Waals surface area contributed by atoms with Crippen LogP contribution in [0.25, 0.3) is 11.4 Å². The van der Waals surface area contributed by atoms with E-state index in [0.29, 0.717) is 36.1 Å². The van der Waals surface area contributed by atoms with Gasteiger partial charge in [0.15, 0.2) is 0 Å². The van der Waals surface area contributed by atoms with Gasteiger partial charge in [-0.1, -0.05) is 122 Å². The van der Waals surface area contributed by atoms with E-state index in [0.717, 1.165) is 82.8 Å². The normalized spacial score (nSPS) is 16.9. The molecule has 0 saturated heterocycles. The first-order chi connectivity index (χ1) is 19.3. The van der Waals surface area contributed by atoms with Crippen LogP contribution in [0, 0.1) is 11.8 Å². The number of hydrogen-bond acceptors (Lipinski definition) is 2. The van der Waals surface area contributed by atoms with Crippen molar-refractivity contribution in [1.82, 2.24) is 9.80 Å². The Bertz CT molecular complexity index is 1160. The molecule has 6 heteroatoms. The highest BCUT2D eigenvalue weighted by molar-refractivity contribution is 9.10. The van der Waals surface area contributed by atoms with Gasteiger partial charge in [0.2, 0.25) is 0 Å². The van der Waals surface area contributed by atoms with Crippen molar-refractivity contribution in [1.29, 1.82) is 0 Å². The number of carbonyl (C=O) groups excluding carboxylic acids is 2. The number of benzene rings is 2. The zero-order valence-electron chi connectivity index (χ0n) is 24.3. The summed E-state index contributed by atoms with van der Waals surface area (Å²) in [5.74, 6) is 0.682. The van der Waals surface area contributed by atoms with Gasteiger partial charge in [0.25, 0.3) is 11.8 Å². The SMILES string of the molecule is CCCCC(CC)CN1C(=O)C2=C(c3ccc(Br)cc3)N(CC(CC)CCCC)C(=O)C2=C1c1ccc(Br)cc1. The Morgan fingerprint density at radius 3 is 1.25 bits per heavy atom. The molecule has 0 radical (unpaired) electrons. The first-order valence-corrected chi connectivity index (χ1v) is 16.6. The van der Waals surface area contributed by atoms with Gasteiger partial charge in [-0.05, 0) is 60.1 Å². The molecule has 4 rings (SSSR count). The average molecular weight is 671 g/mol. The fourth-order valence-corrected chi connectivity index (χ4v) is 6.44. The van der Waals surface area contributed by atoms with Gasteiger partial charge in [-0.25, -0.2) is 0 Å². The first kappa shape index (κ1) is 30.8. The summed E-state index contributed by atoms with van der Waals surface area (Å²) in [6.45, 7) is 10.1. The van der Waals surface area contributed by atoms with Crippen molar-refractivity contribution in [2.24, 2.45) is 11.8 Å². The molecule has 214 valence electrons. The molecule has 0 aromatic heterocycles. The van der Waals surface area contributed by atoms with Crippen LogP contribution in [0.3, 0.4) is 0 Å². The third-order valence-corrected chi connectivity index (χ3v) is 9.44. The maximum Gasteiger partial charge on any atom is 0.261 e. The summed E-state index contributed by atoms with van der Waals surface area (Å²) < 4.78 is 1.94. The van der Waals surface area contributed by atoms with Crippen molar-refractivity contribution < 1.29 is 9.59 Å². The van der Waals surface area contributed by atoms with Crippen molar-refractivity contribution in [3.63, 3.8) is 0 Å². The van der Waals surface area contributed by atoms with E-state index in [1.165, 1.54) is 0 Å². The fourth-order valence-electron chi connectivity index (χ4n) is 5.91. The molecule has 2 aliphatic rings. The molecule has 0 aliphatic carbocycles. The van der Waals surface area contributed by atoms with E-state index >= 15 is 0 Å². The number of nitrogens with zero attached hydrogens (tertiary/aromatic N) is 2. The molecular formula is C34H42Br2N2O2. The molecule has 0 saturated carbocycles. The maximum absolute atomic E-state index is 14.5. The Morgan fingerprint density at radius 2 is 0.950 bits per heavy atom. The van der Waals surface area contributed by atoms with Crippen LogP contribution in [-0.2, 0) is 9.59 Å². The van der Waals surface area contributed by atoms with Crippen molar-refractivity contribution >= 4 is 55.1 Å². The van der Waals surface area contributed by atoms with E-state index in [1.54, 1.807) is 0 Å². The lowest BCUT2D eigenvalue weighted by molar-refractivity contribution is -0.124. The van der Waals surface area contributed by atoms with Crippen LogP contribution >= 0.6 is 31.9 Å². The molecule has 2 aliphatic heterocycles. The molecular weight excluding hydrogens is 628 g/mol. The Hall–Kier alpha value is -2.18. The summed E-state index contributed by atoms with van der Waals surface area (Å²) in [5, 5.41) is 0. The largest absolute Gasteiger partial charge is 0.307 e. The number of unbranched alkanes of at least 4 members (excludes halogenated alkanes) is 2. The molecule has 4 nitrogen and oxygen atoms in total. The molecule has 2 atom stereocenters. The molecule has 0 bridgehead atoms. The monoisotopic (exact) mass is 668 g/mol. The minimum atomic E-state index is -0.0433. The Labute approximate surface area is 257 Å². The topological polar surface area (TPSA) is 40.6 Å². The molecule has 2 aromatic rings. The summed E-state index contributed by atoms with van der Waals surface area (Å²) >= 11 is 7.11. The van der Waals surface area contributed by atoms with Gasteiger partial charge in [-0.2, -0.15) is 0 Å². The molecule has 40 heavy (non-hydrogen) atoms. The second kappa shape index (κ2) is 14.1. The second-order valence-electron chi connectivity index (χ2n) is 11.1. The lowest BCUT2D eigenvalue weighted by Gasteiger charge is -2.29. The van der Waals surface area contributed by atoms with Gasteiger partial charge in [-0.3, -0.25) is 9.59 Å². The Balaban J connectivity index is 1.89. The smallest absolute Gasteiger partial charge is 0.261 e. The quantitative estimate of drug-likeness (QED) is 0.201. The Morgan fingerprint density at radius 1 is 0.600 bits per heavy atom. The van der Waals surface area contributed by atoms with E-state index in [2.05, 4.69) is 59.6 Å². The fraction of sp³-hybridized carbons (Fsp3) is 0.471. The van der Waals surface area contributed by atoms with E-state index < -0.39 is 0 Å². The van der Waals surface area contributed by atoms with Gasteiger partial charge in [0.05, 0.1) is 22.5 Å². The molecule has 0 fully saturated rings. The zero-order chi connectivity index (χ0) is 28.8. The third kappa shape index (κ3) is 6.49. The minimum Gasteiger partial charge on any atom is -0.307 e. The van der Waals surface area contributed by atoms with Crippen molar-refractivity contribution in [3.05, 3.63) is 79.7 Å². The lowest BCUT2D eigenvalue weighted by Crippen LogP contribution is -2.34. The summed E-state index contributed by atoms with van der Waals surface area (Å²) in [4.78, 5) is 32.8. The molecule has 2 unspecified atom stereocenters. The van der Waals surface area contributed by atoms with Gasteiger partial charge in [0.1, 0.15) is 0 Å². The van der Waals surface area contributed by atoms with Gasteiger partial charge in [-0.15, -0.1) is 0 Å². The van der Waals surface area contributed by atoms with Crippen LogP contribution in [0.15, 0.2) is 68.6 Å². The summed E-state index contributed by atoms with van der Waals surface area (Å²) in [6, 6.07) is 16.1. The van der Waals surface area contributed by atoms with Crippen molar-refractivity contribution in [2.45, 2.75) is 79.1 Å². The number of halogens is 2.